The van der Waals surface area contributed by atoms with Crippen molar-refractivity contribution >= 4 is 32.3 Å². The zero-order valence-corrected chi connectivity index (χ0v) is 21.1. The number of carbonyl (C=O) groups excluding carboxylic acids is 1. The lowest BCUT2D eigenvalue weighted by molar-refractivity contribution is -0.120. The van der Waals surface area contributed by atoms with Crippen molar-refractivity contribution in [3.05, 3.63) is 89.5 Å². The van der Waals surface area contributed by atoms with Crippen LogP contribution in [0, 0.1) is 0 Å². The summed E-state index contributed by atoms with van der Waals surface area (Å²) in [6.07, 6.45) is 0.927. The number of anilines is 1. The number of benzene rings is 3. The van der Waals surface area contributed by atoms with E-state index in [2.05, 4.69) is 10.3 Å². The number of methoxy groups -OCH3 is 1. The largest absolute Gasteiger partial charge is 0.497 e. The van der Waals surface area contributed by atoms with Gasteiger partial charge in [0.2, 0.25) is 5.91 Å². The highest BCUT2D eigenvalue weighted by atomic mass is 32.2. The molecule has 0 aliphatic carbocycles. The van der Waals surface area contributed by atoms with Gasteiger partial charge in [-0.25, -0.2) is 8.42 Å². The maximum Gasteiger partial charge on any atom is 0.244 e. The number of rotatable bonds is 3. The van der Waals surface area contributed by atoms with Crippen LogP contribution in [0.1, 0.15) is 16.7 Å². The highest BCUT2D eigenvalue weighted by Gasteiger charge is 2.27. The number of carbonyl (C=O) groups is 1. The molecule has 2 heterocycles. The molecule has 1 aliphatic heterocycles. The third-order valence-corrected chi connectivity index (χ3v) is 8.41. The third-order valence-electron chi connectivity index (χ3n) is 6.73. The fourth-order valence-electron chi connectivity index (χ4n) is 4.85. The van der Waals surface area contributed by atoms with Gasteiger partial charge in [0.1, 0.15) is 10.8 Å². The number of nitrogens with one attached hydrogen (secondary N) is 2. The van der Waals surface area contributed by atoms with Crippen molar-refractivity contribution in [3.63, 3.8) is 0 Å². The van der Waals surface area contributed by atoms with Gasteiger partial charge >= 0.3 is 0 Å². The lowest BCUT2D eigenvalue weighted by Crippen LogP contribution is -2.47. The highest BCUT2D eigenvalue weighted by Crippen LogP contribution is 2.29. The van der Waals surface area contributed by atoms with E-state index in [0.717, 1.165) is 33.5 Å². The summed E-state index contributed by atoms with van der Waals surface area (Å²) < 4.78 is 32.1. The Balaban J connectivity index is 1.51. The number of amides is 1. The van der Waals surface area contributed by atoms with Crippen LogP contribution in [-0.2, 0) is 33.2 Å². The monoisotopic (exact) mass is 503 g/mol. The standard InChI is InChI=1S/C28H29N3O4S/c1-31(21-10-12-22(35-2)13-11-21)28(32)26-17-19-6-5-7-20(16-19)18-36(33,34)27-24(14-15-29-26)23-8-3-4-9-25(23)30-27/h3-13,16,26,29-30H,14-15,17-18H2,1-2H3. The van der Waals surface area contributed by atoms with Crippen LogP contribution in [0.3, 0.4) is 0 Å². The Morgan fingerprint density at radius 3 is 2.53 bits per heavy atom. The van der Waals surface area contributed by atoms with E-state index >= 15 is 0 Å². The molecule has 1 atom stereocenters. The van der Waals surface area contributed by atoms with E-state index in [9.17, 15) is 13.2 Å². The van der Waals surface area contributed by atoms with E-state index in [1.165, 1.54) is 0 Å². The molecule has 0 spiro atoms. The van der Waals surface area contributed by atoms with Crippen LogP contribution < -0.4 is 15.0 Å². The summed E-state index contributed by atoms with van der Waals surface area (Å²) in [5.41, 5.74) is 3.93. The molecule has 3 aromatic carbocycles. The van der Waals surface area contributed by atoms with E-state index in [-0.39, 0.29) is 16.7 Å². The number of fused-ring (bicyclic) bond motifs is 5. The molecule has 8 heteroatoms. The van der Waals surface area contributed by atoms with Crippen molar-refractivity contribution < 1.29 is 17.9 Å². The van der Waals surface area contributed by atoms with Crippen molar-refractivity contribution in [2.45, 2.75) is 29.7 Å². The maximum absolute atomic E-state index is 13.6. The topological polar surface area (TPSA) is 91.5 Å². The molecule has 36 heavy (non-hydrogen) atoms. The molecule has 7 nitrogen and oxygen atoms in total. The minimum atomic E-state index is -3.58. The first-order valence-corrected chi connectivity index (χ1v) is 13.6. The van der Waals surface area contributed by atoms with Crippen LogP contribution >= 0.6 is 0 Å². The Kier molecular flexibility index (Phi) is 6.55. The molecule has 0 saturated carbocycles. The summed E-state index contributed by atoms with van der Waals surface area (Å²) in [6.45, 7) is 0.455. The number of H-pyrrole nitrogens is 1. The van der Waals surface area contributed by atoms with Crippen molar-refractivity contribution in [1.29, 1.82) is 0 Å². The SMILES string of the molecule is COc1ccc(N(C)C(=O)C2Cc3cccc(c3)CS(=O)(=O)c3[nH]c4ccccc4c3CCN2)cc1. The normalized spacial score (nSPS) is 17.4. The summed E-state index contributed by atoms with van der Waals surface area (Å²) in [5.74, 6) is 0.567. The first kappa shape index (κ1) is 24.1. The molecular weight excluding hydrogens is 474 g/mol. The quantitative estimate of drug-likeness (QED) is 0.443. The molecule has 5 rings (SSSR count). The lowest BCUT2D eigenvalue weighted by Gasteiger charge is -2.25. The summed E-state index contributed by atoms with van der Waals surface area (Å²) in [7, 11) is -0.208. The summed E-state index contributed by atoms with van der Waals surface area (Å²) in [5, 5.41) is 4.57. The molecule has 2 N–H and O–H groups in total. The predicted molar refractivity (Wildman–Crippen MR) is 141 cm³/mol. The number of para-hydroxylation sites is 1. The minimum Gasteiger partial charge on any atom is -0.497 e. The van der Waals surface area contributed by atoms with Gasteiger partial charge in [-0.15, -0.1) is 0 Å². The van der Waals surface area contributed by atoms with Crippen molar-refractivity contribution in [2.24, 2.45) is 0 Å². The fraction of sp³-hybridized carbons (Fsp3) is 0.250. The Labute approximate surface area is 211 Å². The summed E-state index contributed by atoms with van der Waals surface area (Å²) in [6, 6.07) is 22.0. The van der Waals surface area contributed by atoms with E-state index in [1.54, 1.807) is 19.1 Å². The zero-order valence-electron chi connectivity index (χ0n) is 20.3. The summed E-state index contributed by atoms with van der Waals surface area (Å²) >= 11 is 0. The number of aromatic nitrogens is 1. The molecule has 1 amide bonds. The van der Waals surface area contributed by atoms with Crippen LogP contribution in [0.2, 0.25) is 0 Å². The number of aromatic amines is 1. The van der Waals surface area contributed by atoms with Gasteiger partial charge in [0.15, 0.2) is 9.84 Å². The Bertz CT molecular complexity index is 1510. The summed E-state index contributed by atoms with van der Waals surface area (Å²) in [4.78, 5) is 18.4. The molecular formula is C28H29N3O4S. The third kappa shape index (κ3) is 4.74. The number of hydrogen-bond donors (Lipinski definition) is 2. The van der Waals surface area contributed by atoms with Crippen LogP contribution in [0.25, 0.3) is 10.9 Å². The molecule has 0 radical (unpaired) electrons. The fourth-order valence-corrected chi connectivity index (χ4v) is 6.46. The van der Waals surface area contributed by atoms with Crippen LogP contribution in [0.15, 0.2) is 77.8 Å². The molecule has 2 bridgehead atoms. The second-order valence-corrected chi connectivity index (χ2v) is 11.0. The molecule has 4 aromatic rings. The molecule has 0 fully saturated rings. The average molecular weight is 504 g/mol. The highest BCUT2D eigenvalue weighted by molar-refractivity contribution is 7.90. The number of hydrogen-bond acceptors (Lipinski definition) is 5. The van der Waals surface area contributed by atoms with Crippen molar-refractivity contribution in [2.75, 3.05) is 25.6 Å². The Morgan fingerprint density at radius 2 is 1.75 bits per heavy atom. The van der Waals surface area contributed by atoms with Gasteiger partial charge in [-0.2, -0.15) is 0 Å². The van der Waals surface area contributed by atoms with Gasteiger partial charge in [0.25, 0.3) is 0 Å². The van der Waals surface area contributed by atoms with Crippen LogP contribution in [-0.4, -0.2) is 46.1 Å². The van der Waals surface area contributed by atoms with Gasteiger partial charge in [0.05, 0.1) is 18.9 Å². The predicted octanol–water partition coefficient (Wildman–Crippen LogP) is 3.87. The molecule has 1 unspecified atom stereocenters. The van der Waals surface area contributed by atoms with Gasteiger partial charge in [0, 0.05) is 30.2 Å². The van der Waals surface area contributed by atoms with Gasteiger partial charge in [-0.3, -0.25) is 4.79 Å². The second-order valence-electron chi connectivity index (χ2n) is 9.11. The van der Waals surface area contributed by atoms with Gasteiger partial charge in [-0.1, -0.05) is 42.5 Å². The first-order valence-electron chi connectivity index (χ1n) is 11.9. The van der Waals surface area contributed by atoms with Gasteiger partial charge < -0.3 is 19.9 Å². The second kappa shape index (κ2) is 9.79. The number of likely N-dealkylation sites (N-methyl/N-ethyl adjacent to an activating group) is 1. The van der Waals surface area contributed by atoms with Crippen LogP contribution in [0.5, 0.6) is 5.75 Å². The number of ether oxygens (including phenoxy) is 1. The van der Waals surface area contributed by atoms with Crippen LogP contribution in [0.4, 0.5) is 5.69 Å². The van der Waals surface area contributed by atoms with E-state index in [0.29, 0.717) is 24.9 Å². The first-order chi connectivity index (χ1) is 17.4. The number of nitrogens with zero attached hydrogens (tertiary/aromatic N) is 1. The maximum atomic E-state index is 13.6. The van der Waals surface area contributed by atoms with Gasteiger partial charge in [-0.05, 0) is 59.9 Å². The van der Waals surface area contributed by atoms with E-state index in [4.69, 9.17) is 4.74 Å². The molecule has 1 aliphatic rings. The smallest absolute Gasteiger partial charge is 0.244 e. The van der Waals surface area contributed by atoms with Crippen molar-refractivity contribution in [3.8, 4) is 5.75 Å². The average Bonchev–Trinajstić information content (AvgIpc) is 3.26. The Morgan fingerprint density at radius 1 is 1.00 bits per heavy atom. The minimum absolute atomic E-state index is 0.0607. The lowest BCUT2D eigenvalue weighted by atomic mass is 10.0. The van der Waals surface area contributed by atoms with E-state index in [1.807, 2.05) is 72.8 Å². The number of sulfone groups is 1. The van der Waals surface area contributed by atoms with Crippen molar-refractivity contribution in [1.82, 2.24) is 10.3 Å². The molecule has 0 saturated heterocycles. The zero-order chi connectivity index (χ0) is 25.3. The molecule has 1 aromatic heterocycles. The Hall–Kier alpha value is -3.62. The molecule has 186 valence electrons. The van der Waals surface area contributed by atoms with E-state index < -0.39 is 15.9 Å².